The molecule has 1 aliphatic rings. The van der Waals surface area contributed by atoms with Gasteiger partial charge in [-0.1, -0.05) is 17.7 Å². The molecule has 1 aliphatic heterocycles. The number of carboxylic acid groups (broad SMARTS) is 1. The first-order chi connectivity index (χ1) is 18.2. The molecule has 3 heterocycles. The van der Waals surface area contributed by atoms with Crippen molar-refractivity contribution in [2.24, 2.45) is 7.05 Å². The zero-order chi connectivity index (χ0) is 27.0. The third kappa shape index (κ3) is 5.00. The zero-order valence-corrected chi connectivity index (χ0v) is 21.3. The Labute approximate surface area is 222 Å². The van der Waals surface area contributed by atoms with Crippen molar-refractivity contribution in [3.8, 4) is 33.7 Å². The molecule has 0 spiro atoms. The molecule has 0 amide bonds. The molecule has 2 N–H and O–H groups in total. The van der Waals surface area contributed by atoms with Gasteiger partial charge in [-0.25, -0.2) is 14.2 Å². The topological polar surface area (TPSA) is 104 Å². The van der Waals surface area contributed by atoms with E-state index in [0.717, 1.165) is 0 Å². The molecule has 5 rings (SSSR count). The molecule has 0 aliphatic carbocycles. The Morgan fingerprint density at radius 3 is 2.32 bits per heavy atom. The van der Waals surface area contributed by atoms with Crippen LogP contribution < -0.4 is 10.6 Å². The lowest BCUT2D eigenvalue weighted by atomic mass is 9.97. The van der Waals surface area contributed by atoms with Crippen LogP contribution in [0.2, 0.25) is 5.02 Å². The van der Waals surface area contributed by atoms with Gasteiger partial charge in [0.25, 0.3) is 0 Å². The van der Waals surface area contributed by atoms with E-state index in [9.17, 15) is 19.1 Å². The molecule has 1 fully saturated rings. The summed E-state index contributed by atoms with van der Waals surface area (Å²) in [6, 6.07) is 10.9. The lowest BCUT2D eigenvalue weighted by Crippen LogP contribution is -2.48. The maximum absolute atomic E-state index is 14.8. The first kappa shape index (κ1) is 25.5. The van der Waals surface area contributed by atoms with Crippen molar-refractivity contribution in [2.75, 3.05) is 37.6 Å². The highest BCUT2D eigenvalue weighted by atomic mass is 35.5. The molecule has 2 aromatic carbocycles. The van der Waals surface area contributed by atoms with Crippen LogP contribution in [0.4, 0.5) is 10.2 Å². The Balaban J connectivity index is 1.45. The van der Waals surface area contributed by atoms with Crippen LogP contribution >= 0.6 is 11.6 Å². The SMILES string of the molecule is Cn1ccn(-c2ccc(-c3cc(F)cc(-c4ccnc(N5CCN(CC(=O)O)CC5)c4)c3O)cc2Cl)c1=O. The van der Waals surface area contributed by atoms with E-state index in [1.807, 2.05) is 9.80 Å². The van der Waals surface area contributed by atoms with Gasteiger partial charge >= 0.3 is 11.7 Å². The molecule has 9 nitrogen and oxygen atoms in total. The number of imidazole rings is 1. The number of pyridine rings is 1. The Bertz CT molecular complexity index is 1580. The number of carboxylic acids is 1. The fourth-order valence-electron chi connectivity index (χ4n) is 4.64. The van der Waals surface area contributed by atoms with Gasteiger partial charge in [-0.2, -0.15) is 0 Å². The van der Waals surface area contributed by atoms with E-state index in [-0.39, 0.29) is 28.6 Å². The van der Waals surface area contributed by atoms with Crippen LogP contribution in [0.5, 0.6) is 5.75 Å². The van der Waals surface area contributed by atoms with Gasteiger partial charge in [-0.3, -0.25) is 14.3 Å². The zero-order valence-electron chi connectivity index (χ0n) is 20.5. The number of hydrogen-bond donors (Lipinski definition) is 2. The monoisotopic (exact) mass is 537 g/mol. The van der Waals surface area contributed by atoms with E-state index in [1.54, 1.807) is 56.0 Å². The number of rotatable bonds is 6. The molecule has 0 bridgehead atoms. The number of benzene rings is 2. The van der Waals surface area contributed by atoms with Crippen molar-refractivity contribution in [1.29, 1.82) is 0 Å². The highest BCUT2D eigenvalue weighted by molar-refractivity contribution is 6.32. The summed E-state index contributed by atoms with van der Waals surface area (Å²) in [5.74, 6) is -0.854. The lowest BCUT2D eigenvalue weighted by Gasteiger charge is -2.34. The van der Waals surface area contributed by atoms with Crippen LogP contribution in [-0.2, 0) is 11.8 Å². The summed E-state index contributed by atoms with van der Waals surface area (Å²) in [5, 5.41) is 20.5. The second-order valence-corrected chi connectivity index (χ2v) is 9.54. The summed E-state index contributed by atoms with van der Waals surface area (Å²) in [5.41, 5.74) is 1.85. The van der Waals surface area contributed by atoms with E-state index in [1.165, 1.54) is 21.3 Å². The highest BCUT2D eigenvalue weighted by Gasteiger charge is 2.21. The van der Waals surface area contributed by atoms with Crippen molar-refractivity contribution < 1.29 is 19.4 Å². The van der Waals surface area contributed by atoms with Gasteiger partial charge in [0.15, 0.2) is 0 Å². The van der Waals surface area contributed by atoms with E-state index < -0.39 is 11.8 Å². The number of carbonyl (C=O) groups is 1. The van der Waals surface area contributed by atoms with Crippen molar-refractivity contribution in [2.45, 2.75) is 0 Å². The summed E-state index contributed by atoms with van der Waals surface area (Å²) in [7, 11) is 1.64. The number of aromatic nitrogens is 3. The molecule has 1 saturated heterocycles. The van der Waals surface area contributed by atoms with Gasteiger partial charge in [-0.15, -0.1) is 0 Å². The number of phenolic OH excluding ortho intramolecular Hbond substituents is 1. The second-order valence-electron chi connectivity index (χ2n) is 9.14. The van der Waals surface area contributed by atoms with Crippen molar-refractivity contribution >= 4 is 23.4 Å². The molecule has 196 valence electrons. The fraction of sp³-hybridized carbons (Fsp3) is 0.222. The quantitative estimate of drug-likeness (QED) is 0.387. The number of aromatic hydroxyl groups is 1. The molecular weight excluding hydrogens is 513 g/mol. The molecule has 2 aromatic heterocycles. The van der Waals surface area contributed by atoms with Crippen LogP contribution in [0.3, 0.4) is 0 Å². The minimum atomic E-state index is -0.860. The summed E-state index contributed by atoms with van der Waals surface area (Å²) < 4.78 is 17.6. The Morgan fingerprint density at radius 1 is 1.03 bits per heavy atom. The van der Waals surface area contributed by atoms with Crippen molar-refractivity contribution in [3.05, 3.63) is 82.4 Å². The molecule has 0 atom stereocenters. The van der Waals surface area contributed by atoms with Crippen molar-refractivity contribution in [3.63, 3.8) is 0 Å². The number of phenols is 1. The number of anilines is 1. The van der Waals surface area contributed by atoms with E-state index in [2.05, 4.69) is 4.98 Å². The van der Waals surface area contributed by atoms with Gasteiger partial charge in [0.2, 0.25) is 0 Å². The molecular formula is C27H25ClFN5O4. The van der Waals surface area contributed by atoms with Gasteiger partial charge in [0.05, 0.1) is 17.3 Å². The normalized spacial score (nSPS) is 14.1. The molecule has 38 heavy (non-hydrogen) atoms. The lowest BCUT2D eigenvalue weighted by molar-refractivity contribution is -0.138. The van der Waals surface area contributed by atoms with Crippen LogP contribution in [0.1, 0.15) is 0 Å². The van der Waals surface area contributed by atoms with Crippen LogP contribution in [0.25, 0.3) is 27.9 Å². The first-order valence-electron chi connectivity index (χ1n) is 11.9. The maximum atomic E-state index is 14.8. The van der Waals surface area contributed by atoms with Crippen molar-refractivity contribution in [1.82, 2.24) is 19.0 Å². The fourth-order valence-corrected chi connectivity index (χ4v) is 4.91. The number of piperazine rings is 1. The summed E-state index contributed by atoms with van der Waals surface area (Å²) in [6.07, 6.45) is 4.83. The number of aliphatic carboxylic acids is 1. The minimum Gasteiger partial charge on any atom is -0.507 e. The maximum Gasteiger partial charge on any atom is 0.332 e. The predicted molar refractivity (Wildman–Crippen MR) is 143 cm³/mol. The second kappa shape index (κ2) is 10.3. The standard InChI is InChI=1S/C27H25ClFN5O4/c1-31-6-11-34(27(31)38)23-3-2-17(12-22(23)28)20-14-19(29)15-21(26(20)37)18-4-5-30-24(13-18)33-9-7-32(8-10-33)16-25(35)36/h2-6,11-15,37H,7-10,16H2,1H3,(H,35,36). The molecule has 11 heteroatoms. The molecule has 4 aromatic rings. The Hall–Kier alpha value is -4.15. The minimum absolute atomic E-state index is 0.00562. The van der Waals surface area contributed by atoms with E-state index in [0.29, 0.717) is 54.4 Å². The van der Waals surface area contributed by atoms with E-state index >= 15 is 0 Å². The average molecular weight is 538 g/mol. The largest absolute Gasteiger partial charge is 0.507 e. The molecule has 0 unspecified atom stereocenters. The number of hydrogen-bond acceptors (Lipinski definition) is 6. The smallest absolute Gasteiger partial charge is 0.332 e. The first-order valence-corrected chi connectivity index (χ1v) is 12.3. The summed E-state index contributed by atoms with van der Waals surface area (Å²) >= 11 is 6.49. The van der Waals surface area contributed by atoms with Crippen LogP contribution in [0, 0.1) is 5.82 Å². The molecule has 0 radical (unpaired) electrons. The number of aryl methyl sites for hydroxylation is 1. The highest BCUT2D eigenvalue weighted by Crippen LogP contribution is 2.40. The van der Waals surface area contributed by atoms with Crippen LogP contribution in [0.15, 0.2) is 65.8 Å². The van der Waals surface area contributed by atoms with Gasteiger partial charge < -0.3 is 19.7 Å². The van der Waals surface area contributed by atoms with Crippen LogP contribution in [-0.4, -0.2) is 67.9 Å². The third-order valence-corrected chi connectivity index (χ3v) is 6.95. The van der Waals surface area contributed by atoms with Gasteiger partial charge in [-0.05, 0) is 47.5 Å². The van der Waals surface area contributed by atoms with Gasteiger partial charge in [0.1, 0.15) is 17.4 Å². The summed E-state index contributed by atoms with van der Waals surface area (Å²) in [6.45, 7) is 2.35. The Morgan fingerprint density at radius 2 is 1.71 bits per heavy atom. The third-order valence-electron chi connectivity index (χ3n) is 6.65. The number of nitrogens with zero attached hydrogens (tertiary/aromatic N) is 5. The van der Waals surface area contributed by atoms with Gasteiger partial charge in [0, 0.05) is 62.9 Å². The summed E-state index contributed by atoms with van der Waals surface area (Å²) in [4.78, 5) is 31.6. The average Bonchev–Trinajstić information content (AvgIpc) is 3.23. The number of halogens is 2. The Kier molecular flexibility index (Phi) is 6.92. The molecule has 0 saturated carbocycles. The predicted octanol–water partition coefficient (Wildman–Crippen LogP) is 3.61. The van der Waals surface area contributed by atoms with E-state index in [4.69, 9.17) is 16.7 Å².